The van der Waals surface area contributed by atoms with E-state index in [4.69, 9.17) is 0 Å². The van der Waals surface area contributed by atoms with Crippen LogP contribution >= 0.6 is 0 Å². The lowest BCUT2D eigenvalue weighted by atomic mass is 10.3. The summed E-state index contributed by atoms with van der Waals surface area (Å²) in [7, 11) is 0. The molecule has 0 aromatic heterocycles. The van der Waals surface area contributed by atoms with E-state index in [1.165, 1.54) is 0 Å². The van der Waals surface area contributed by atoms with Crippen molar-refractivity contribution >= 4 is 5.91 Å². The monoisotopic (exact) mass is 113 g/mol. The molecule has 2 rings (SSSR count). The molecule has 0 aromatic rings. The van der Waals surface area contributed by atoms with Crippen LogP contribution in [-0.2, 0) is 4.79 Å². The Bertz CT molecular complexity index is 148. The van der Waals surface area contributed by atoms with Crippen molar-refractivity contribution in [3.05, 3.63) is 0 Å². The Morgan fingerprint density at radius 1 is 1.88 bits per heavy atom. The maximum Gasteiger partial charge on any atom is 0.223 e. The van der Waals surface area contributed by atoms with Crippen LogP contribution in [0.2, 0.25) is 0 Å². The van der Waals surface area contributed by atoms with E-state index in [0.29, 0.717) is 17.8 Å². The minimum atomic E-state index is 0. The van der Waals surface area contributed by atoms with Crippen LogP contribution in [-0.4, -0.2) is 12.5 Å². The van der Waals surface area contributed by atoms with Crippen molar-refractivity contribution < 1.29 is 6.22 Å². The number of hydrogen-bond acceptors (Lipinski definition) is 1. The second-order valence-electron chi connectivity index (χ2n) is 2.79. The molecule has 1 unspecified atom stereocenters. The normalized spacial score (nSPS) is 50.6. The lowest BCUT2D eigenvalue weighted by molar-refractivity contribution is -0.121. The molecule has 8 heavy (non-hydrogen) atoms. The predicted octanol–water partition coefficient (Wildman–Crippen LogP) is 0.244. The first-order valence-electron chi connectivity index (χ1n) is 3.08. The van der Waals surface area contributed by atoms with Gasteiger partial charge in [-0.25, -0.2) is 0 Å². The van der Waals surface area contributed by atoms with Gasteiger partial charge in [0.15, 0.2) is 0 Å². The molecule has 2 nitrogen and oxygen atoms in total. The van der Waals surface area contributed by atoms with Crippen LogP contribution in [0.3, 0.4) is 0 Å². The van der Waals surface area contributed by atoms with Crippen LogP contribution in [0.1, 0.15) is 8.35 Å². The molecule has 2 heteroatoms. The molecule has 1 saturated carbocycles. The van der Waals surface area contributed by atoms with E-state index in [2.05, 4.69) is 12.2 Å². The van der Waals surface area contributed by atoms with Gasteiger partial charge in [0.05, 0.1) is 0 Å². The summed E-state index contributed by atoms with van der Waals surface area (Å²) in [5.41, 5.74) is 0. The van der Waals surface area contributed by atoms with Gasteiger partial charge in [0.1, 0.15) is 0 Å². The molecule has 1 aliphatic carbocycles. The zero-order valence-electron chi connectivity index (χ0n) is 4.85. The van der Waals surface area contributed by atoms with Gasteiger partial charge in [-0.15, -0.1) is 0 Å². The summed E-state index contributed by atoms with van der Waals surface area (Å²) in [5, 5.41) is 2.81. The van der Waals surface area contributed by atoms with Gasteiger partial charge in [0.25, 0.3) is 0 Å². The third kappa shape index (κ3) is 0.320. The number of hydrogen-bond donors (Lipinski definition) is 1. The highest BCUT2D eigenvalue weighted by Gasteiger charge is 2.55. The third-order valence-corrected chi connectivity index (χ3v) is 2.38. The number of fused-ring (bicyclic) bond motifs is 1. The summed E-state index contributed by atoms with van der Waals surface area (Å²) >= 11 is 0. The quantitative estimate of drug-likeness (QED) is 0.479. The van der Waals surface area contributed by atoms with Crippen LogP contribution < -0.4 is 5.32 Å². The molecule has 1 heterocycles. The zero-order valence-corrected chi connectivity index (χ0v) is 4.85. The fourth-order valence-corrected chi connectivity index (χ4v) is 1.63. The number of carbonyl (C=O) groups excluding carboxylic acids is 1. The van der Waals surface area contributed by atoms with Crippen molar-refractivity contribution in [2.45, 2.75) is 6.92 Å². The van der Waals surface area contributed by atoms with Crippen LogP contribution in [0.25, 0.3) is 0 Å². The van der Waals surface area contributed by atoms with Gasteiger partial charge in [0.2, 0.25) is 5.91 Å². The van der Waals surface area contributed by atoms with Crippen molar-refractivity contribution in [3.8, 4) is 0 Å². The van der Waals surface area contributed by atoms with Crippen molar-refractivity contribution in [1.82, 2.24) is 5.32 Å². The highest BCUT2D eigenvalue weighted by molar-refractivity contribution is 5.84. The molecule has 1 aliphatic heterocycles. The maximum absolute atomic E-state index is 10.7. The molecule has 0 radical (unpaired) electrons. The molecule has 2 fully saturated rings. The summed E-state index contributed by atoms with van der Waals surface area (Å²) in [6.45, 7) is 3.08. The average molecular weight is 113 g/mol. The lowest BCUT2D eigenvalue weighted by Gasteiger charge is -1.94. The van der Waals surface area contributed by atoms with E-state index in [0.717, 1.165) is 6.54 Å². The van der Waals surface area contributed by atoms with E-state index in [1.54, 1.807) is 0 Å². The molecule has 1 N–H and O–H groups in total. The van der Waals surface area contributed by atoms with Gasteiger partial charge in [-0.1, -0.05) is 6.92 Å². The van der Waals surface area contributed by atoms with Gasteiger partial charge >= 0.3 is 0 Å². The first kappa shape index (κ1) is 4.36. The SMILES string of the molecule is CC1[C@H]2C(=O)NC[C@@H]12.[HH]. The Morgan fingerprint density at radius 3 is 2.88 bits per heavy atom. The molecule has 46 valence electrons. The summed E-state index contributed by atoms with van der Waals surface area (Å²) in [5.74, 6) is 2.06. The van der Waals surface area contributed by atoms with Crippen molar-refractivity contribution in [2.75, 3.05) is 6.54 Å². The van der Waals surface area contributed by atoms with Gasteiger partial charge in [-0.3, -0.25) is 4.79 Å². The number of nitrogens with one attached hydrogen (secondary N) is 1. The smallest absolute Gasteiger partial charge is 0.223 e. The van der Waals surface area contributed by atoms with E-state index >= 15 is 0 Å². The molecule has 2 aliphatic rings. The summed E-state index contributed by atoms with van der Waals surface area (Å²) < 4.78 is 0. The number of carbonyl (C=O) groups is 1. The Labute approximate surface area is 49.7 Å². The topological polar surface area (TPSA) is 29.1 Å². The van der Waals surface area contributed by atoms with Gasteiger partial charge < -0.3 is 5.32 Å². The number of piperidine rings is 1. The summed E-state index contributed by atoms with van der Waals surface area (Å²) in [6, 6.07) is 0. The summed E-state index contributed by atoms with van der Waals surface area (Å²) in [4.78, 5) is 10.7. The highest BCUT2D eigenvalue weighted by Crippen LogP contribution is 2.48. The molecule has 0 bridgehead atoms. The minimum Gasteiger partial charge on any atom is -0.356 e. The second-order valence-corrected chi connectivity index (χ2v) is 2.79. The van der Waals surface area contributed by atoms with Gasteiger partial charge in [0, 0.05) is 13.9 Å². The second kappa shape index (κ2) is 1.07. The zero-order chi connectivity index (χ0) is 5.72. The van der Waals surface area contributed by atoms with E-state index in [1.807, 2.05) is 0 Å². The molecule has 1 saturated heterocycles. The molecule has 1 amide bonds. The lowest BCUT2D eigenvalue weighted by Crippen LogP contribution is -2.20. The third-order valence-electron chi connectivity index (χ3n) is 2.38. The van der Waals surface area contributed by atoms with Gasteiger partial charge in [-0.05, 0) is 11.8 Å². The first-order valence-corrected chi connectivity index (χ1v) is 3.08. The molecular formula is C6H11NO. The Morgan fingerprint density at radius 2 is 2.62 bits per heavy atom. The standard InChI is InChI=1S/C6H9NO.H2/c1-3-4-2-7-6(8)5(3)4;/h3-5H,2H2,1H3,(H,7,8);1H/t3?,4-,5+;/m0./s1. The van der Waals surface area contributed by atoms with E-state index in [-0.39, 0.29) is 7.33 Å². The first-order chi connectivity index (χ1) is 3.80. The fourth-order valence-electron chi connectivity index (χ4n) is 1.63. The van der Waals surface area contributed by atoms with Gasteiger partial charge in [-0.2, -0.15) is 0 Å². The Kier molecular flexibility index (Phi) is 0.581. The van der Waals surface area contributed by atoms with Crippen LogP contribution in [0, 0.1) is 17.8 Å². The predicted molar refractivity (Wildman–Crippen MR) is 31.3 cm³/mol. The summed E-state index contributed by atoms with van der Waals surface area (Å²) in [6.07, 6.45) is 0. The van der Waals surface area contributed by atoms with E-state index < -0.39 is 0 Å². The average Bonchev–Trinajstić information content (AvgIpc) is 2.13. The maximum atomic E-state index is 10.7. The molecular weight excluding hydrogens is 102 g/mol. The fraction of sp³-hybridized carbons (Fsp3) is 0.833. The largest absolute Gasteiger partial charge is 0.356 e. The van der Waals surface area contributed by atoms with Crippen LogP contribution in [0.15, 0.2) is 0 Å². The minimum absolute atomic E-state index is 0. The van der Waals surface area contributed by atoms with E-state index in [9.17, 15) is 4.79 Å². The number of amides is 1. The molecule has 0 spiro atoms. The van der Waals surface area contributed by atoms with Crippen LogP contribution in [0.5, 0.6) is 0 Å². The molecule has 0 aromatic carbocycles. The van der Waals surface area contributed by atoms with Crippen molar-refractivity contribution in [2.24, 2.45) is 17.8 Å². The highest BCUT2D eigenvalue weighted by atomic mass is 16.2. The van der Waals surface area contributed by atoms with Crippen molar-refractivity contribution in [1.29, 1.82) is 0 Å². The molecule has 3 atom stereocenters. The van der Waals surface area contributed by atoms with Crippen LogP contribution in [0.4, 0.5) is 0 Å². The number of rotatable bonds is 0. The Hall–Kier alpha value is -0.530. The van der Waals surface area contributed by atoms with Crippen molar-refractivity contribution in [3.63, 3.8) is 0 Å². The Balaban J connectivity index is 0.000000405.